The summed E-state index contributed by atoms with van der Waals surface area (Å²) in [5.74, 6) is -0.392. The second-order valence-electron chi connectivity index (χ2n) is 10.7. The smallest absolute Gasteiger partial charge is 0.310 e. The summed E-state index contributed by atoms with van der Waals surface area (Å²) in [6.45, 7) is -0.731. The zero-order chi connectivity index (χ0) is 30.6. The first-order valence-corrected chi connectivity index (χ1v) is 13.7. The van der Waals surface area contributed by atoms with Gasteiger partial charge in [-0.05, 0) is 29.3 Å². The number of esters is 1. The second-order valence-corrected chi connectivity index (χ2v) is 10.7. The summed E-state index contributed by atoms with van der Waals surface area (Å²) in [5.41, 5.74) is 1.73. The van der Waals surface area contributed by atoms with Gasteiger partial charge in [-0.15, -0.1) is 0 Å². The lowest BCUT2D eigenvalue weighted by Gasteiger charge is -2.44. The molecule has 0 radical (unpaired) electrons. The van der Waals surface area contributed by atoms with Crippen molar-refractivity contribution < 1.29 is 67.9 Å². The Labute approximate surface area is 246 Å². The molecule has 0 amide bonds. The summed E-state index contributed by atoms with van der Waals surface area (Å²) in [4.78, 5) is 13.5. The number of carbonyl (C=O) groups excluding carboxylic acids is 1. The summed E-state index contributed by atoms with van der Waals surface area (Å²) in [6, 6.07) is 5.27. The first kappa shape index (κ1) is 29.5. The van der Waals surface area contributed by atoms with Crippen LogP contribution < -0.4 is 28.4 Å². The minimum Gasteiger partial charge on any atom is -0.493 e. The summed E-state index contributed by atoms with van der Waals surface area (Å²) < 4.78 is 51.7. The van der Waals surface area contributed by atoms with Gasteiger partial charge in [0.2, 0.25) is 18.3 Å². The molecule has 2 saturated heterocycles. The SMILES string of the molecule is COc1cc([C@@H]2c3cc4c(c(OC)c3[C@H](OC3O[C@H](CO)[C@@H](O)[C@H](O)[C@H]3O)[C@H]3COC(=O)[C@H]23)OCO4)cc(OC)c1OC. The largest absolute Gasteiger partial charge is 0.493 e. The topological polar surface area (TPSA) is 181 Å². The van der Waals surface area contributed by atoms with Crippen molar-refractivity contribution in [1.82, 2.24) is 0 Å². The van der Waals surface area contributed by atoms with Gasteiger partial charge < -0.3 is 63.1 Å². The second kappa shape index (κ2) is 11.5. The molecule has 2 aromatic rings. The van der Waals surface area contributed by atoms with Crippen LogP contribution >= 0.6 is 0 Å². The van der Waals surface area contributed by atoms with E-state index in [1.807, 2.05) is 0 Å². The van der Waals surface area contributed by atoms with E-state index in [0.717, 1.165) is 0 Å². The van der Waals surface area contributed by atoms with Crippen molar-refractivity contribution in [1.29, 1.82) is 0 Å². The maximum atomic E-state index is 13.5. The average Bonchev–Trinajstić information content (AvgIpc) is 3.65. The number of hydrogen-bond donors (Lipinski definition) is 4. The molecule has 4 aliphatic rings. The van der Waals surface area contributed by atoms with Gasteiger partial charge in [0.05, 0.1) is 53.7 Å². The molecule has 2 fully saturated rings. The van der Waals surface area contributed by atoms with E-state index in [-0.39, 0.29) is 19.1 Å². The van der Waals surface area contributed by atoms with Crippen LogP contribution in [0.3, 0.4) is 0 Å². The highest BCUT2D eigenvalue weighted by molar-refractivity contribution is 5.79. The van der Waals surface area contributed by atoms with Gasteiger partial charge in [-0.3, -0.25) is 4.79 Å². The number of hydrogen-bond acceptors (Lipinski definition) is 14. The van der Waals surface area contributed by atoms with Crippen molar-refractivity contribution in [3.05, 3.63) is 34.9 Å². The standard InChI is InChI=1S/C29H34O14/c1-35-14-5-11(6-15(36-2)25(14)37-3)18-12-7-16-26(41-10-40-16)27(38-4)20(12)24(13-9-39-28(34)19(13)18)43-29-23(33)22(32)21(31)17(8-30)42-29/h5-7,13,17-19,21-24,29-33H,8-10H2,1-4H3/t13-,17+,18+,19-,21+,22-,23+,24+,29?/m0/s1. The molecule has 2 aromatic carbocycles. The third kappa shape index (κ3) is 4.60. The lowest BCUT2D eigenvalue weighted by molar-refractivity contribution is -0.317. The van der Waals surface area contributed by atoms with Gasteiger partial charge in [-0.1, -0.05) is 0 Å². The summed E-state index contributed by atoms with van der Waals surface area (Å²) in [7, 11) is 5.94. The van der Waals surface area contributed by atoms with Crippen molar-refractivity contribution in [2.45, 2.75) is 42.7 Å². The Kier molecular flexibility index (Phi) is 7.91. The molecule has 14 nitrogen and oxygen atoms in total. The van der Waals surface area contributed by atoms with Gasteiger partial charge in [-0.2, -0.15) is 0 Å². The Balaban J connectivity index is 1.54. The van der Waals surface area contributed by atoms with Crippen molar-refractivity contribution >= 4 is 5.97 Å². The van der Waals surface area contributed by atoms with Crippen LogP contribution in [0.25, 0.3) is 0 Å². The number of aliphatic hydroxyl groups excluding tert-OH is 4. The van der Waals surface area contributed by atoms with Crippen LogP contribution in [0, 0.1) is 11.8 Å². The molecule has 43 heavy (non-hydrogen) atoms. The average molecular weight is 607 g/mol. The minimum absolute atomic E-state index is 0.0381. The van der Waals surface area contributed by atoms with Gasteiger partial charge in [0.25, 0.3) is 0 Å². The fourth-order valence-electron chi connectivity index (χ4n) is 6.58. The summed E-state index contributed by atoms with van der Waals surface area (Å²) >= 11 is 0. The highest BCUT2D eigenvalue weighted by Gasteiger charge is 2.56. The van der Waals surface area contributed by atoms with Crippen LogP contribution in [0.2, 0.25) is 0 Å². The fraction of sp³-hybridized carbons (Fsp3) is 0.552. The van der Waals surface area contributed by atoms with E-state index in [1.54, 1.807) is 18.2 Å². The van der Waals surface area contributed by atoms with E-state index >= 15 is 0 Å². The van der Waals surface area contributed by atoms with Crippen molar-refractivity contribution in [3.8, 4) is 34.5 Å². The number of ether oxygens (including phenoxy) is 9. The predicted molar refractivity (Wildman–Crippen MR) is 143 cm³/mol. The maximum absolute atomic E-state index is 13.5. The molecule has 0 saturated carbocycles. The molecule has 0 aromatic heterocycles. The Morgan fingerprint density at radius 1 is 0.860 bits per heavy atom. The molecule has 3 aliphatic heterocycles. The van der Waals surface area contributed by atoms with E-state index in [0.29, 0.717) is 45.4 Å². The maximum Gasteiger partial charge on any atom is 0.310 e. The van der Waals surface area contributed by atoms with Gasteiger partial charge >= 0.3 is 5.97 Å². The molecule has 6 rings (SSSR count). The molecule has 3 heterocycles. The number of aliphatic hydroxyl groups is 4. The molecule has 0 bridgehead atoms. The van der Waals surface area contributed by atoms with Gasteiger partial charge in [0.15, 0.2) is 29.3 Å². The first-order chi connectivity index (χ1) is 20.8. The molecule has 1 unspecified atom stereocenters. The number of methoxy groups -OCH3 is 4. The first-order valence-electron chi connectivity index (χ1n) is 13.7. The Morgan fingerprint density at radius 2 is 1.56 bits per heavy atom. The molecule has 234 valence electrons. The zero-order valence-electron chi connectivity index (χ0n) is 23.9. The monoisotopic (exact) mass is 606 g/mol. The minimum atomic E-state index is -1.68. The Hall–Kier alpha value is -3.53. The van der Waals surface area contributed by atoms with Gasteiger partial charge in [-0.25, -0.2) is 0 Å². The molecule has 4 N–H and O–H groups in total. The highest BCUT2D eigenvalue weighted by Crippen LogP contribution is 2.60. The summed E-state index contributed by atoms with van der Waals surface area (Å²) in [6.07, 6.45) is -8.59. The normalized spacial score (nSPS) is 32.5. The van der Waals surface area contributed by atoms with Crippen molar-refractivity contribution in [3.63, 3.8) is 0 Å². The molecule has 0 spiro atoms. The van der Waals surface area contributed by atoms with Gasteiger partial charge in [0, 0.05) is 17.4 Å². The lowest BCUT2D eigenvalue weighted by Crippen LogP contribution is -2.59. The van der Waals surface area contributed by atoms with Crippen LogP contribution in [0.5, 0.6) is 34.5 Å². The predicted octanol–water partition coefficient (Wildman–Crippen LogP) is 0.242. The van der Waals surface area contributed by atoms with Crippen molar-refractivity contribution in [2.75, 3.05) is 48.4 Å². The highest BCUT2D eigenvalue weighted by atomic mass is 16.7. The van der Waals surface area contributed by atoms with Crippen LogP contribution in [-0.2, 0) is 19.0 Å². The third-order valence-corrected chi connectivity index (χ3v) is 8.59. The zero-order valence-corrected chi connectivity index (χ0v) is 23.9. The number of rotatable bonds is 8. The molecule has 1 aliphatic carbocycles. The van der Waals surface area contributed by atoms with E-state index in [4.69, 9.17) is 42.6 Å². The lowest BCUT2D eigenvalue weighted by atomic mass is 9.65. The Bertz CT molecular complexity index is 1350. The molecular formula is C29H34O14. The Morgan fingerprint density at radius 3 is 2.19 bits per heavy atom. The number of cyclic esters (lactones) is 1. The van der Waals surface area contributed by atoms with Crippen LogP contribution in [0.1, 0.15) is 28.7 Å². The van der Waals surface area contributed by atoms with Crippen LogP contribution in [0.4, 0.5) is 0 Å². The van der Waals surface area contributed by atoms with Gasteiger partial charge in [0.1, 0.15) is 24.4 Å². The van der Waals surface area contributed by atoms with E-state index in [9.17, 15) is 25.2 Å². The number of fused-ring (bicyclic) bond motifs is 3. The molecular weight excluding hydrogens is 572 g/mol. The fourth-order valence-corrected chi connectivity index (χ4v) is 6.58. The van der Waals surface area contributed by atoms with Crippen LogP contribution in [-0.4, -0.2) is 106 Å². The molecule has 14 heteroatoms. The van der Waals surface area contributed by atoms with Crippen LogP contribution in [0.15, 0.2) is 18.2 Å². The number of carbonyl (C=O) groups is 1. The van der Waals surface area contributed by atoms with E-state index < -0.39 is 67.1 Å². The summed E-state index contributed by atoms with van der Waals surface area (Å²) in [5, 5.41) is 41.3. The van der Waals surface area contributed by atoms with Crippen molar-refractivity contribution in [2.24, 2.45) is 11.8 Å². The van der Waals surface area contributed by atoms with E-state index in [1.165, 1.54) is 28.4 Å². The third-order valence-electron chi connectivity index (χ3n) is 8.59. The quantitative estimate of drug-likeness (QED) is 0.300. The van der Waals surface area contributed by atoms with E-state index in [2.05, 4.69) is 0 Å². The number of benzene rings is 2. The molecule has 9 atom stereocenters.